The third kappa shape index (κ3) is 4.37. The minimum absolute atomic E-state index is 0.00782. The normalized spacial score (nSPS) is 19.1. The SMILES string of the molecule is CN1C(=S)N(C2CCCCC2)C(=O)/C1=C/c1ccc(OCc2ccccc2Cl)cc1. The lowest BCUT2D eigenvalue weighted by Crippen LogP contribution is -2.41. The molecule has 0 atom stereocenters. The average molecular weight is 441 g/mol. The van der Waals surface area contributed by atoms with E-state index in [4.69, 9.17) is 28.6 Å². The van der Waals surface area contributed by atoms with Gasteiger partial charge in [0.1, 0.15) is 18.1 Å². The monoisotopic (exact) mass is 440 g/mol. The number of likely N-dealkylation sites (N-methyl/N-ethyl adjacent to an activating group) is 1. The quantitative estimate of drug-likeness (QED) is 0.444. The summed E-state index contributed by atoms with van der Waals surface area (Å²) in [7, 11) is 1.87. The molecule has 1 aliphatic heterocycles. The highest BCUT2D eigenvalue weighted by atomic mass is 35.5. The lowest BCUT2D eigenvalue weighted by molar-refractivity contribution is -0.124. The Balaban J connectivity index is 1.45. The number of hydrogen-bond donors (Lipinski definition) is 0. The van der Waals surface area contributed by atoms with Gasteiger partial charge in [0.15, 0.2) is 5.11 Å². The molecular formula is C24H25ClN2O2S. The molecule has 0 spiro atoms. The van der Waals surface area contributed by atoms with Crippen LogP contribution in [0, 0.1) is 0 Å². The summed E-state index contributed by atoms with van der Waals surface area (Å²) in [5.74, 6) is 0.760. The van der Waals surface area contributed by atoms with Gasteiger partial charge in [-0.2, -0.15) is 0 Å². The van der Waals surface area contributed by atoms with Crippen LogP contribution in [0.2, 0.25) is 5.02 Å². The third-order valence-electron chi connectivity index (χ3n) is 5.77. The van der Waals surface area contributed by atoms with Crippen molar-refractivity contribution in [3.63, 3.8) is 0 Å². The summed E-state index contributed by atoms with van der Waals surface area (Å²) in [5.41, 5.74) is 2.50. The summed E-state index contributed by atoms with van der Waals surface area (Å²) in [6, 6.07) is 15.6. The van der Waals surface area contributed by atoms with Crippen LogP contribution >= 0.6 is 23.8 Å². The number of benzene rings is 2. The maximum Gasteiger partial charge on any atom is 0.277 e. The van der Waals surface area contributed by atoms with Crippen molar-refractivity contribution in [2.24, 2.45) is 0 Å². The lowest BCUT2D eigenvalue weighted by Gasteiger charge is -2.30. The molecule has 1 heterocycles. The number of nitrogens with zero attached hydrogens (tertiary/aromatic N) is 2. The molecule has 4 nitrogen and oxygen atoms in total. The number of carbonyl (C=O) groups is 1. The first-order chi connectivity index (χ1) is 14.5. The number of halogens is 1. The Hall–Kier alpha value is -2.37. The molecule has 0 aromatic heterocycles. The second-order valence-corrected chi connectivity index (χ2v) is 8.56. The van der Waals surface area contributed by atoms with Gasteiger partial charge in [0, 0.05) is 23.7 Å². The van der Waals surface area contributed by atoms with Crippen LogP contribution in [0.25, 0.3) is 6.08 Å². The van der Waals surface area contributed by atoms with Gasteiger partial charge >= 0.3 is 0 Å². The van der Waals surface area contributed by atoms with Crippen molar-refractivity contribution < 1.29 is 9.53 Å². The van der Waals surface area contributed by atoms with Crippen molar-refractivity contribution in [2.75, 3.05) is 7.05 Å². The largest absolute Gasteiger partial charge is 0.489 e. The van der Waals surface area contributed by atoms with E-state index in [0.29, 0.717) is 22.4 Å². The molecule has 6 heteroatoms. The van der Waals surface area contributed by atoms with Gasteiger partial charge in [-0.25, -0.2) is 0 Å². The van der Waals surface area contributed by atoms with Crippen LogP contribution in [-0.2, 0) is 11.4 Å². The van der Waals surface area contributed by atoms with Gasteiger partial charge in [-0.1, -0.05) is 61.2 Å². The third-order valence-corrected chi connectivity index (χ3v) is 6.61. The highest BCUT2D eigenvalue weighted by Crippen LogP contribution is 2.31. The standard InChI is InChI=1S/C24H25ClN2O2S/c1-26-22(23(28)27(24(26)30)19-8-3-2-4-9-19)15-17-11-13-20(14-12-17)29-16-18-7-5-6-10-21(18)25/h5-7,10-15,19H,2-4,8-9,16H2,1H3/b22-15-. The summed E-state index contributed by atoms with van der Waals surface area (Å²) in [6.07, 6.45) is 7.53. The van der Waals surface area contributed by atoms with Gasteiger partial charge in [-0.15, -0.1) is 0 Å². The van der Waals surface area contributed by atoms with E-state index in [0.717, 1.165) is 42.6 Å². The van der Waals surface area contributed by atoms with Crippen LogP contribution in [0.4, 0.5) is 0 Å². The fraction of sp³-hybridized carbons (Fsp3) is 0.333. The number of thiocarbonyl (C=S) groups is 1. The number of amides is 1. The van der Waals surface area contributed by atoms with Crippen LogP contribution in [-0.4, -0.2) is 33.9 Å². The molecule has 2 fully saturated rings. The Morgan fingerprint density at radius 3 is 2.50 bits per heavy atom. The van der Waals surface area contributed by atoms with E-state index in [-0.39, 0.29) is 11.9 Å². The first-order valence-electron chi connectivity index (χ1n) is 10.3. The lowest BCUT2D eigenvalue weighted by atomic mass is 9.94. The number of carbonyl (C=O) groups excluding carboxylic acids is 1. The first kappa shape index (κ1) is 20.9. The average Bonchev–Trinajstić information content (AvgIpc) is 2.98. The summed E-state index contributed by atoms with van der Waals surface area (Å²) in [6.45, 7) is 0.409. The van der Waals surface area contributed by atoms with Gasteiger partial charge in [-0.3, -0.25) is 9.69 Å². The molecule has 0 N–H and O–H groups in total. The van der Waals surface area contributed by atoms with Crippen molar-refractivity contribution in [1.82, 2.24) is 9.80 Å². The van der Waals surface area contributed by atoms with Gasteiger partial charge in [0.05, 0.1) is 0 Å². The van der Waals surface area contributed by atoms with Gasteiger partial charge in [0.25, 0.3) is 5.91 Å². The maximum absolute atomic E-state index is 13.1. The molecule has 1 saturated carbocycles. The van der Waals surface area contributed by atoms with E-state index in [2.05, 4.69) is 0 Å². The molecule has 2 aliphatic rings. The Kier molecular flexibility index (Phi) is 6.40. The zero-order valence-electron chi connectivity index (χ0n) is 17.0. The van der Waals surface area contributed by atoms with Crippen molar-refractivity contribution >= 4 is 40.9 Å². The number of ether oxygens (including phenoxy) is 1. The zero-order valence-corrected chi connectivity index (χ0v) is 18.6. The molecular weight excluding hydrogens is 416 g/mol. The van der Waals surface area contributed by atoms with Crippen molar-refractivity contribution in [2.45, 2.75) is 44.8 Å². The van der Waals surface area contributed by atoms with Gasteiger partial charge in [0.2, 0.25) is 0 Å². The van der Waals surface area contributed by atoms with Crippen LogP contribution in [0.1, 0.15) is 43.2 Å². The fourth-order valence-electron chi connectivity index (χ4n) is 4.03. The highest BCUT2D eigenvalue weighted by Gasteiger charge is 2.40. The maximum atomic E-state index is 13.1. The highest BCUT2D eigenvalue weighted by molar-refractivity contribution is 7.80. The predicted molar refractivity (Wildman–Crippen MR) is 124 cm³/mol. The van der Waals surface area contributed by atoms with Crippen LogP contribution in [0.3, 0.4) is 0 Å². The molecule has 30 heavy (non-hydrogen) atoms. The topological polar surface area (TPSA) is 32.8 Å². The Labute approximate surface area is 188 Å². The summed E-state index contributed by atoms with van der Waals surface area (Å²) in [4.78, 5) is 16.7. The zero-order chi connectivity index (χ0) is 21.1. The first-order valence-corrected chi connectivity index (χ1v) is 11.1. The molecule has 1 aliphatic carbocycles. The molecule has 0 unspecified atom stereocenters. The van der Waals surface area contributed by atoms with Crippen molar-refractivity contribution in [3.05, 3.63) is 70.4 Å². The predicted octanol–water partition coefficient (Wildman–Crippen LogP) is 5.65. The molecule has 4 rings (SSSR count). The van der Waals surface area contributed by atoms with E-state index in [1.165, 1.54) is 6.42 Å². The smallest absolute Gasteiger partial charge is 0.277 e. The van der Waals surface area contributed by atoms with Gasteiger partial charge in [-0.05, 0) is 54.9 Å². The minimum Gasteiger partial charge on any atom is -0.489 e. The molecule has 1 saturated heterocycles. The van der Waals surface area contributed by atoms with E-state index in [9.17, 15) is 4.79 Å². The number of hydrogen-bond acceptors (Lipinski definition) is 3. The van der Waals surface area contributed by atoms with E-state index >= 15 is 0 Å². The summed E-state index contributed by atoms with van der Waals surface area (Å²) in [5, 5.41) is 1.30. The van der Waals surface area contributed by atoms with E-state index in [1.807, 2.05) is 71.5 Å². The summed E-state index contributed by atoms with van der Waals surface area (Å²) < 4.78 is 5.84. The Morgan fingerprint density at radius 1 is 1.10 bits per heavy atom. The Morgan fingerprint density at radius 2 is 1.80 bits per heavy atom. The number of rotatable bonds is 5. The fourth-order valence-corrected chi connectivity index (χ4v) is 4.55. The second kappa shape index (κ2) is 9.19. The minimum atomic E-state index is 0.00782. The summed E-state index contributed by atoms with van der Waals surface area (Å²) >= 11 is 11.8. The van der Waals surface area contributed by atoms with E-state index < -0.39 is 0 Å². The second-order valence-electron chi connectivity index (χ2n) is 7.79. The molecule has 0 bridgehead atoms. The van der Waals surface area contributed by atoms with Crippen LogP contribution in [0.15, 0.2) is 54.2 Å². The van der Waals surface area contributed by atoms with E-state index in [1.54, 1.807) is 0 Å². The molecule has 156 valence electrons. The van der Waals surface area contributed by atoms with Crippen molar-refractivity contribution in [3.8, 4) is 5.75 Å². The molecule has 1 amide bonds. The molecule has 2 aromatic rings. The molecule has 0 radical (unpaired) electrons. The van der Waals surface area contributed by atoms with Crippen LogP contribution < -0.4 is 4.74 Å². The van der Waals surface area contributed by atoms with Crippen molar-refractivity contribution in [1.29, 1.82) is 0 Å². The Bertz CT molecular complexity index is 967. The molecule has 2 aromatic carbocycles. The van der Waals surface area contributed by atoms with Gasteiger partial charge < -0.3 is 9.64 Å². The van der Waals surface area contributed by atoms with Crippen LogP contribution in [0.5, 0.6) is 5.75 Å².